The first kappa shape index (κ1) is 21.9. The Morgan fingerprint density at radius 2 is 1.92 bits per heavy atom. The van der Waals surface area contributed by atoms with Crippen molar-refractivity contribution >= 4 is 38.3 Å². The summed E-state index contributed by atoms with van der Waals surface area (Å²) < 4.78 is 22.4. The summed E-state index contributed by atoms with van der Waals surface area (Å²) in [6.45, 7) is 1.84. The number of phenols is 1. The van der Waals surface area contributed by atoms with Crippen LogP contribution in [0.4, 0.5) is 10.2 Å². The second-order valence-electron chi connectivity index (χ2n) is 8.28. The number of nitrogens with zero attached hydrogens (tertiary/aromatic N) is 4. The van der Waals surface area contributed by atoms with Crippen molar-refractivity contribution in [1.29, 1.82) is 0 Å². The Balaban J connectivity index is 1.64. The van der Waals surface area contributed by atoms with Crippen molar-refractivity contribution in [2.24, 2.45) is 0 Å². The molecule has 0 spiro atoms. The molecule has 0 radical (unpaired) electrons. The fourth-order valence-electron chi connectivity index (χ4n) is 4.44. The minimum atomic E-state index is -0.628. The highest BCUT2D eigenvalue weighted by Gasteiger charge is 2.27. The molecule has 0 aliphatic carbocycles. The molecule has 4 heterocycles. The molecule has 0 fully saturated rings. The Hall–Kier alpha value is -4.57. The van der Waals surface area contributed by atoms with Crippen LogP contribution in [0.5, 0.6) is 5.75 Å². The third-order valence-corrected chi connectivity index (χ3v) is 6.98. The number of hydrogen-bond acceptors (Lipinski definition) is 8. The maximum Gasteiger partial charge on any atom is 0.344 e. The van der Waals surface area contributed by atoms with Crippen LogP contribution in [0.1, 0.15) is 18.7 Å². The molecular weight excluding hydrogens is 481 g/mol. The standard InChI is InChI=1S/C26H18FN5O3S/c1-13(22-19(14-5-3-2-4-6-14)23-18(7-8-36-23)26(34)35-22)32-25-20(24(28)29-12-30-25)21(31-32)15-9-16(27)11-17(33)10-15/h2-13,33H,1H3,(H2,28,29,30). The highest BCUT2D eigenvalue weighted by atomic mass is 32.1. The molecule has 8 nitrogen and oxygen atoms in total. The molecule has 0 saturated carbocycles. The van der Waals surface area contributed by atoms with E-state index in [-0.39, 0.29) is 11.6 Å². The first-order valence-electron chi connectivity index (χ1n) is 11.0. The number of aromatic hydroxyl groups is 1. The summed E-state index contributed by atoms with van der Waals surface area (Å²) >= 11 is 1.46. The number of rotatable bonds is 4. The number of hydrogen-bond donors (Lipinski definition) is 2. The third kappa shape index (κ3) is 3.42. The molecule has 1 atom stereocenters. The number of benzene rings is 2. The average Bonchev–Trinajstić information content (AvgIpc) is 3.50. The summed E-state index contributed by atoms with van der Waals surface area (Å²) in [5, 5.41) is 17.4. The summed E-state index contributed by atoms with van der Waals surface area (Å²) in [6, 6.07) is 14.4. The molecule has 0 saturated heterocycles. The van der Waals surface area contributed by atoms with E-state index in [1.54, 1.807) is 10.7 Å². The molecule has 0 amide bonds. The molecule has 0 aliphatic heterocycles. The van der Waals surface area contributed by atoms with E-state index in [0.717, 1.165) is 21.9 Å². The van der Waals surface area contributed by atoms with Crippen LogP contribution in [0.25, 0.3) is 43.5 Å². The van der Waals surface area contributed by atoms with E-state index in [9.17, 15) is 14.3 Å². The van der Waals surface area contributed by atoms with E-state index >= 15 is 0 Å². The fraction of sp³-hybridized carbons (Fsp3) is 0.0769. The minimum absolute atomic E-state index is 0.149. The zero-order valence-electron chi connectivity index (χ0n) is 18.8. The van der Waals surface area contributed by atoms with Crippen molar-refractivity contribution in [3.8, 4) is 28.1 Å². The smallest absolute Gasteiger partial charge is 0.344 e. The van der Waals surface area contributed by atoms with Crippen LogP contribution in [-0.2, 0) is 0 Å². The highest BCUT2D eigenvalue weighted by molar-refractivity contribution is 7.17. The lowest BCUT2D eigenvalue weighted by molar-refractivity contribution is 0.405. The van der Waals surface area contributed by atoms with Crippen molar-refractivity contribution in [3.63, 3.8) is 0 Å². The quantitative estimate of drug-likeness (QED) is 0.335. The second kappa shape index (κ2) is 8.28. The molecule has 3 N–H and O–H groups in total. The van der Waals surface area contributed by atoms with Crippen LogP contribution in [0.3, 0.4) is 0 Å². The van der Waals surface area contributed by atoms with Gasteiger partial charge in [0.05, 0.1) is 15.5 Å². The lowest BCUT2D eigenvalue weighted by atomic mass is 10.0. The Morgan fingerprint density at radius 1 is 1.11 bits per heavy atom. The number of anilines is 1. The Labute approximate surface area is 207 Å². The number of nitrogen functional groups attached to an aromatic ring is 1. The first-order chi connectivity index (χ1) is 17.4. The van der Waals surface area contributed by atoms with Gasteiger partial charge in [-0.25, -0.2) is 23.8 Å². The molecule has 4 aromatic heterocycles. The highest BCUT2D eigenvalue weighted by Crippen LogP contribution is 2.40. The van der Waals surface area contributed by atoms with Gasteiger partial charge in [-0.2, -0.15) is 5.10 Å². The SMILES string of the molecule is CC(c1oc(=O)c2ccsc2c1-c1ccccc1)n1nc(-c2cc(O)cc(F)c2)c2c(N)ncnc21. The Bertz CT molecular complexity index is 1810. The summed E-state index contributed by atoms with van der Waals surface area (Å²) in [5.74, 6) is -0.333. The summed E-state index contributed by atoms with van der Waals surface area (Å²) in [6.07, 6.45) is 1.31. The maximum absolute atomic E-state index is 14.1. The van der Waals surface area contributed by atoms with Crippen molar-refractivity contribution < 1.29 is 13.9 Å². The molecule has 36 heavy (non-hydrogen) atoms. The third-order valence-electron chi connectivity index (χ3n) is 6.04. The number of phenolic OH excluding ortho intramolecular Hbond substituents is 1. The van der Waals surface area contributed by atoms with Gasteiger partial charge in [0.15, 0.2) is 5.65 Å². The molecular formula is C26H18FN5O3S. The largest absolute Gasteiger partial charge is 0.508 e. The van der Waals surface area contributed by atoms with E-state index < -0.39 is 17.5 Å². The normalized spacial score (nSPS) is 12.4. The van der Waals surface area contributed by atoms with Gasteiger partial charge >= 0.3 is 5.63 Å². The molecule has 0 bridgehead atoms. The van der Waals surface area contributed by atoms with E-state index in [4.69, 9.17) is 15.2 Å². The van der Waals surface area contributed by atoms with Gasteiger partial charge in [0.2, 0.25) is 0 Å². The van der Waals surface area contributed by atoms with Crippen molar-refractivity contribution in [2.45, 2.75) is 13.0 Å². The predicted molar refractivity (Wildman–Crippen MR) is 136 cm³/mol. The van der Waals surface area contributed by atoms with Gasteiger partial charge in [0.25, 0.3) is 0 Å². The van der Waals surface area contributed by atoms with Crippen molar-refractivity contribution in [1.82, 2.24) is 19.7 Å². The molecule has 10 heteroatoms. The average molecular weight is 500 g/mol. The molecule has 6 rings (SSSR count). The van der Waals surface area contributed by atoms with Crippen LogP contribution in [0, 0.1) is 5.82 Å². The van der Waals surface area contributed by atoms with Gasteiger partial charge in [-0.05, 0) is 36.1 Å². The first-order valence-corrected chi connectivity index (χ1v) is 11.9. The lowest BCUT2D eigenvalue weighted by Gasteiger charge is -2.17. The Morgan fingerprint density at radius 3 is 2.69 bits per heavy atom. The van der Waals surface area contributed by atoms with Crippen LogP contribution in [0.15, 0.2) is 75.5 Å². The zero-order valence-corrected chi connectivity index (χ0v) is 19.7. The number of thiophene rings is 1. The molecule has 6 aromatic rings. The summed E-state index contributed by atoms with van der Waals surface area (Å²) in [7, 11) is 0. The molecule has 1 unspecified atom stereocenters. The van der Waals surface area contributed by atoms with E-state index in [1.165, 1.54) is 29.8 Å². The molecule has 178 valence electrons. The topological polar surface area (TPSA) is 120 Å². The van der Waals surface area contributed by atoms with Gasteiger partial charge in [-0.1, -0.05) is 30.3 Å². The van der Waals surface area contributed by atoms with Crippen LogP contribution >= 0.6 is 11.3 Å². The van der Waals surface area contributed by atoms with E-state index in [2.05, 4.69) is 9.97 Å². The fourth-order valence-corrected chi connectivity index (χ4v) is 5.40. The maximum atomic E-state index is 14.1. The van der Waals surface area contributed by atoms with Crippen LogP contribution in [0.2, 0.25) is 0 Å². The van der Waals surface area contributed by atoms with Crippen molar-refractivity contribution in [3.05, 3.63) is 88.3 Å². The van der Waals surface area contributed by atoms with Crippen molar-refractivity contribution in [2.75, 3.05) is 5.73 Å². The van der Waals surface area contributed by atoms with Gasteiger partial charge in [0, 0.05) is 17.2 Å². The number of nitrogens with two attached hydrogens (primary N) is 1. The predicted octanol–water partition coefficient (Wildman–Crippen LogP) is 5.36. The Kier molecular flexibility index (Phi) is 5.04. The van der Waals surface area contributed by atoms with Gasteiger partial charge in [0.1, 0.15) is 41.2 Å². The monoisotopic (exact) mass is 499 g/mol. The van der Waals surface area contributed by atoms with Gasteiger partial charge in [-0.3, -0.25) is 0 Å². The van der Waals surface area contributed by atoms with Gasteiger partial charge < -0.3 is 15.3 Å². The minimum Gasteiger partial charge on any atom is -0.508 e. The van der Waals surface area contributed by atoms with Gasteiger partial charge in [-0.15, -0.1) is 11.3 Å². The van der Waals surface area contributed by atoms with Crippen LogP contribution in [-0.4, -0.2) is 24.9 Å². The van der Waals surface area contributed by atoms with E-state index in [1.807, 2.05) is 42.6 Å². The lowest BCUT2D eigenvalue weighted by Crippen LogP contribution is -2.14. The van der Waals surface area contributed by atoms with E-state index in [0.29, 0.717) is 33.4 Å². The molecule has 2 aromatic carbocycles. The number of fused-ring (bicyclic) bond motifs is 2. The second-order valence-corrected chi connectivity index (χ2v) is 9.20. The summed E-state index contributed by atoms with van der Waals surface area (Å²) in [4.78, 5) is 21.4. The number of halogens is 1. The summed E-state index contributed by atoms with van der Waals surface area (Å²) in [5.41, 5.74) is 8.39. The number of aromatic nitrogens is 4. The van der Waals surface area contributed by atoms with Crippen LogP contribution < -0.4 is 11.4 Å². The molecule has 0 aliphatic rings. The zero-order chi connectivity index (χ0) is 25.0.